The Morgan fingerprint density at radius 1 is 0.893 bits per heavy atom. The Balaban J connectivity index is 1.47. The third kappa shape index (κ3) is 3.18. The predicted octanol–water partition coefficient (Wildman–Crippen LogP) is 6.71. The maximum absolute atomic E-state index is 6.19. The number of nitrogens with one attached hydrogen (secondary N) is 1. The molecule has 4 heteroatoms. The lowest BCUT2D eigenvalue weighted by Gasteiger charge is -2.24. The first-order valence-corrected chi connectivity index (χ1v) is 10.5. The van der Waals surface area contributed by atoms with Gasteiger partial charge in [0, 0.05) is 5.56 Å². The van der Waals surface area contributed by atoms with Crippen LogP contribution in [0, 0.1) is 13.8 Å². The molecule has 1 aliphatic carbocycles. The minimum absolute atomic E-state index is 0.933. The smallest absolute Gasteiger partial charge is 0.142 e. The van der Waals surface area contributed by atoms with Crippen LogP contribution in [0.25, 0.3) is 0 Å². The fraction of sp³-hybridized carbons (Fsp3) is 0.208. The maximum Gasteiger partial charge on any atom is 0.142 e. The van der Waals surface area contributed by atoms with Crippen LogP contribution in [0.5, 0.6) is 11.5 Å². The van der Waals surface area contributed by atoms with Crippen LogP contribution in [0.1, 0.15) is 35.1 Å². The summed E-state index contributed by atoms with van der Waals surface area (Å²) in [6, 6.07) is 19.0. The predicted molar refractivity (Wildman–Crippen MR) is 116 cm³/mol. The van der Waals surface area contributed by atoms with E-state index >= 15 is 0 Å². The maximum atomic E-state index is 6.19. The lowest BCUT2D eigenvalue weighted by molar-refractivity contribution is 0.454. The van der Waals surface area contributed by atoms with Crippen LogP contribution in [-0.2, 0) is 6.42 Å². The Morgan fingerprint density at radius 2 is 1.79 bits per heavy atom. The number of ether oxygens (including phenoxy) is 1. The molecule has 5 rings (SSSR count). The van der Waals surface area contributed by atoms with Gasteiger partial charge < -0.3 is 4.74 Å². The zero-order chi connectivity index (χ0) is 19.1. The van der Waals surface area contributed by atoms with Crippen LogP contribution in [0.2, 0.25) is 0 Å². The van der Waals surface area contributed by atoms with E-state index in [2.05, 4.69) is 61.7 Å². The zero-order valence-corrected chi connectivity index (χ0v) is 16.9. The Bertz CT molecular complexity index is 1100. The minimum Gasteiger partial charge on any atom is -0.455 e. The summed E-state index contributed by atoms with van der Waals surface area (Å²) in [7, 11) is 0. The first-order chi connectivity index (χ1) is 13.7. The van der Waals surface area contributed by atoms with Crippen LogP contribution in [0.3, 0.4) is 0 Å². The van der Waals surface area contributed by atoms with Crippen molar-refractivity contribution in [3.05, 3.63) is 76.9 Å². The number of rotatable bonds is 2. The molecule has 1 aliphatic heterocycles. The van der Waals surface area contributed by atoms with E-state index in [1.807, 2.05) is 12.1 Å². The van der Waals surface area contributed by atoms with Gasteiger partial charge in [0.15, 0.2) is 0 Å². The fourth-order valence-electron chi connectivity index (χ4n) is 3.73. The van der Waals surface area contributed by atoms with Gasteiger partial charge in [-0.3, -0.25) is 5.43 Å². The van der Waals surface area contributed by atoms with Gasteiger partial charge in [0.05, 0.1) is 21.2 Å². The lowest BCUT2D eigenvalue weighted by Crippen LogP contribution is -2.14. The van der Waals surface area contributed by atoms with Crippen molar-refractivity contribution >= 4 is 23.2 Å². The van der Waals surface area contributed by atoms with Gasteiger partial charge in [-0.15, -0.1) is 0 Å². The first kappa shape index (κ1) is 17.4. The second-order valence-electron chi connectivity index (χ2n) is 7.43. The van der Waals surface area contributed by atoms with Crippen molar-refractivity contribution in [2.45, 2.75) is 42.9 Å². The molecule has 0 saturated heterocycles. The lowest BCUT2D eigenvalue weighted by atomic mass is 9.90. The monoisotopic (exact) mass is 386 g/mol. The number of para-hydroxylation sites is 1. The molecule has 0 saturated carbocycles. The number of anilines is 1. The molecule has 140 valence electrons. The van der Waals surface area contributed by atoms with E-state index in [4.69, 9.17) is 9.84 Å². The average Bonchev–Trinajstić information content (AvgIpc) is 2.71. The van der Waals surface area contributed by atoms with Crippen molar-refractivity contribution in [2.24, 2.45) is 5.10 Å². The number of fused-ring (bicyclic) bond motifs is 3. The summed E-state index contributed by atoms with van der Waals surface area (Å²) < 4.78 is 6.19. The Morgan fingerprint density at radius 3 is 2.68 bits per heavy atom. The first-order valence-electron chi connectivity index (χ1n) is 9.69. The second kappa shape index (κ2) is 7.02. The molecular weight excluding hydrogens is 364 g/mol. The highest BCUT2D eigenvalue weighted by atomic mass is 32.2. The van der Waals surface area contributed by atoms with E-state index in [1.165, 1.54) is 32.0 Å². The number of aryl methyl sites for hydroxylation is 3. The highest BCUT2D eigenvalue weighted by molar-refractivity contribution is 7.99. The van der Waals surface area contributed by atoms with Gasteiger partial charge in [0.1, 0.15) is 11.5 Å². The third-order valence-electron chi connectivity index (χ3n) is 5.46. The van der Waals surface area contributed by atoms with Crippen molar-refractivity contribution < 1.29 is 4.74 Å². The van der Waals surface area contributed by atoms with E-state index in [0.29, 0.717) is 0 Å². The summed E-state index contributed by atoms with van der Waals surface area (Å²) >= 11 is 1.79. The number of benzene rings is 3. The molecule has 3 aromatic rings. The SMILES string of the molecule is Cc1ccc(N/N=C2/CCCc3cc4c(cc32)Oc2ccccc2S4)cc1C. The number of hydrogen-bond donors (Lipinski definition) is 1. The van der Waals surface area contributed by atoms with Crippen molar-refractivity contribution in [1.82, 2.24) is 0 Å². The Hall–Kier alpha value is -2.72. The second-order valence-corrected chi connectivity index (χ2v) is 8.51. The highest BCUT2D eigenvalue weighted by Gasteiger charge is 2.23. The van der Waals surface area contributed by atoms with Crippen LogP contribution < -0.4 is 10.2 Å². The normalized spacial score (nSPS) is 16.0. The van der Waals surface area contributed by atoms with Crippen molar-refractivity contribution in [2.75, 3.05) is 5.43 Å². The summed E-state index contributed by atoms with van der Waals surface area (Å²) in [4.78, 5) is 2.37. The topological polar surface area (TPSA) is 33.6 Å². The minimum atomic E-state index is 0.933. The molecule has 28 heavy (non-hydrogen) atoms. The molecular formula is C24H22N2OS. The molecule has 0 spiro atoms. The molecule has 3 nitrogen and oxygen atoms in total. The third-order valence-corrected chi connectivity index (χ3v) is 6.55. The van der Waals surface area contributed by atoms with Gasteiger partial charge >= 0.3 is 0 Å². The van der Waals surface area contributed by atoms with E-state index in [0.717, 1.165) is 42.2 Å². The molecule has 2 aliphatic rings. The molecule has 3 aromatic carbocycles. The summed E-state index contributed by atoms with van der Waals surface area (Å²) in [5.41, 5.74) is 10.5. The number of hydrazone groups is 1. The quantitative estimate of drug-likeness (QED) is 0.389. The molecule has 0 fully saturated rings. The molecule has 1 N–H and O–H groups in total. The summed E-state index contributed by atoms with van der Waals surface area (Å²) in [5.74, 6) is 1.87. The fourth-order valence-corrected chi connectivity index (χ4v) is 4.73. The molecule has 0 amide bonds. The van der Waals surface area contributed by atoms with Crippen LogP contribution in [-0.4, -0.2) is 5.71 Å². The molecule has 0 radical (unpaired) electrons. The summed E-state index contributed by atoms with van der Waals surface area (Å²) in [6.07, 6.45) is 3.20. The van der Waals surface area contributed by atoms with Gasteiger partial charge in [-0.05, 0) is 86.2 Å². The van der Waals surface area contributed by atoms with Gasteiger partial charge in [-0.25, -0.2) is 0 Å². The molecule has 1 heterocycles. The molecule has 0 bridgehead atoms. The standard InChI is InChI=1S/C24H22N2OS/c1-15-10-11-18(12-16(15)2)25-26-20-7-5-6-17-13-24-22(14-19(17)20)27-21-8-3-4-9-23(21)28-24/h3-4,8-14,25H,5-7H2,1-2H3/b26-20-. The van der Waals surface area contributed by atoms with E-state index in [1.54, 1.807) is 11.8 Å². The molecule has 0 unspecified atom stereocenters. The Labute approximate surface area is 169 Å². The summed E-state index contributed by atoms with van der Waals surface area (Å²) in [6.45, 7) is 4.25. The van der Waals surface area contributed by atoms with E-state index in [-0.39, 0.29) is 0 Å². The Kier molecular flexibility index (Phi) is 4.36. The average molecular weight is 387 g/mol. The van der Waals surface area contributed by atoms with Crippen LogP contribution >= 0.6 is 11.8 Å². The molecule has 0 aromatic heterocycles. The number of nitrogens with zero attached hydrogens (tertiary/aromatic N) is 1. The summed E-state index contributed by atoms with van der Waals surface area (Å²) in [5, 5.41) is 4.76. The van der Waals surface area contributed by atoms with Gasteiger partial charge in [-0.1, -0.05) is 30.0 Å². The zero-order valence-electron chi connectivity index (χ0n) is 16.1. The molecule has 0 atom stereocenters. The van der Waals surface area contributed by atoms with Crippen LogP contribution in [0.4, 0.5) is 5.69 Å². The van der Waals surface area contributed by atoms with Gasteiger partial charge in [0.25, 0.3) is 0 Å². The highest BCUT2D eigenvalue weighted by Crippen LogP contribution is 2.48. The van der Waals surface area contributed by atoms with E-state index in [9.17, 15) is 0 Å². The van der Waals surface area contributed by atoms with E-state index < -0.39 is 0 Å². The van der Waals surface area contributed by atoms with Crippen molar-refractivity contribution in [3.63, 3.8) is 0 Å². The number of hydrogen-bond acceptors (Lipinski definition) is 4. The van der Waals surface area contributed by atoms with Gasteiger partial charge in [0.2, 0.25) is 0 Å². The van der Waals surface area contributed by atoms with Crippen LogP contribution in [0.15, 0.2) is 69.5 Å². The van der Waals surface area contributed by atoms with Crippen molar-refractivity contribution in [3.8, 4) is 11.5 Å². The largest absolute Gasteiger partial charge is 0.455 e. The van der Waals surface area contributed by atoms with Crippen molar-refractivity contribution in [1.29, 1.82) is 0 Å². The van der Waals surface area contributed by atoms with Gasteiger partial charge in [-0.2, -0.15) is 5.10 Å².